The van der Waals surface area contributed by atoms with E-state index < -0.39 is 10.0 Å². The minimum Gasteiger partial charge on any atom is -0.354 e. The van der Waals surface area contributed by atoms with E-state index in [0.29, 0.717) is 6.54 Å². The van der Waals surface area contributed by atoms with Crippen LogP contribution in [0.4, 0.5) is 0 Å². The molecule has 1 heterocycles. The van der Waals surface area contributed by atoms with Crippen LogP contribution in [0.25, 0.3) is 0 Å². The molecule has 2 amide bonds. The number of amides is 2. The normalized spacial score (nSPS) is 23.4. The second-order valence-corrected chi connectivity index (χ2v) is 8.66. The van der Waals surface area contributed by atoms with Gasteiger partial charge < -0.3 is 16.4 Å². The first-order chi connectivity index (χ1) is 12.4. The molecule has 4 N–H and O–H groups in total. The third-order valence-corrected chi connectivity index (χ3v) is 6.86. The highest BCUT2D eigenvalue weighted by molar-refractivity contribution is 7.89. The molecule has 3 rings (SSSR count). The summed E-state index contributed by atoms with van der Waals surface area (Å²) in [7, 11) is -3.82. The van der Waals surface area contributed by atoms with Crippen LogP contribution in [0.5, 0.6) is 0 Å². The van der Waals surface area contributed by atoms with Crippen LogP contribution in [0.1, 0.15) is 29.6 Å². The van der Waals surface area contributed by atoms with Crippen LogP contribution in [-0.2, 0) is 14.8 Å². The molecule has 1 saturated heterocycles. The number of carbonyl (C=O) groups is 2. The number of rotatable bonds is 5. The average molecular weight is 417 g/mol. The zero-order valence-electron chi connectivity index (χ0n) is 14.9. The molecule has 0 bridgehead atoms. The summed E-state index contributed by atoms with van der Waals surface area (Å²) in [5, 5.41) is 5.57. The summed E-state index contributed by atoms with van der Waals surface area (Å²) in [6.45, 7) is 0.806. The summed E-state index contributed by atoms with van der Waals surface area (Å²) in [6, 6.07) is 5.96. The number of halogens is 1. The van der Waals surface area contributed by atoms with Gasteiger partial charge in [-0.2, -0.15) is 4.31 Å². The largest absolute Gasteiger partial charge is 0.354 e. The fourth-order valence-electron chi connectivity index (χ4n) is 3.53. The van der Waals surface area contributed by atoms with Crippen molar-refractivity contribution in [2.45, 2.75) is 30.2 Å². The van der Waals surface area contributed by atoms with Gasteiger partial charge in [0, 0.05) is 24.7 Å². The van der Waals surface area contributed by atoms with E-state index in [-0.39, 0.29) is 66.3 Å². The van der Waals surface area contributed by atoms with E-state index in [0.717, 1.165) is 23.6 Å². The average Bonchev–Trinajstić information content (AvgIpc) is 3.09. The van der Waals surface area contributed by atoms with E-state index in [1.165, 1.54) is 12.1 Å². The second kappa shape index (κ2) is 9.01. The molecule has 1 aromatic carbocycles. The maximum Gasteiger partial charge on any atom is 0.251 e. The zero-order chi connectivity index (χ0) is 18.7. The van der Waals surface area contributed by atoms with Gasteiger partial charge in [-0.25, -0.2) is 8.42 Å². The first-order valence-electron chi connectivity index (χ1n) is 8.79. The quantitative estimate of drug-likeness (QED) is 0.627. The fourth-order valence-corrected chi connectivity index (χ4v) is 4.97. The highest BCUT2D eigenvalue weighted by atomic mass is 35.5. The highest BCUT2D eigenvalue weighted by Crippen LogP contribution is 2.25. The Hall–Kier alpha value is -1.68. The summed E-state index contributed by atoms with van der Waals surface area (Å²) < 4.78 is 26.6. The predicted octanol–water partition coefficient (Wildman–Crippen LogP) is 0.0861. The van der Waals surface area contributed by atoms with Gasteiger partial charge in [0.05, 0.1) is 11.4 Å². The highest BCUT2D eigenvalue weighted by Gasteiger charge is 2.30. The van der Waals surface area contributed by atoms with Crippen molar-refractivity contribution in [2.24, 2.45) is 11.7 Å². The molecule has 0 aromatic heterocycles. The number of sulfonamides is 1. The smallest absolute Gasteiger partial charge is 0.251 e. The molecule has 1 saturated carbocycles. The maximum absolute atomic E-state index is 12.7. The van der Waals surface area contributed by atoms with Crippen molar-refractivity contribution in [2.75, 3.05) is 26.2 Å². The van der Waals surface area contributed by atoms with Crippen molar-refractivity contribution < 1.29 is 18.0 Å². The Morgan fingerprint density at radius 1 is 1.33 bits per heavy atom. The number of nitrogens with one attached hydrogen (secondary N) is 2. The molecule has 2 unspecified atom stereocenters. The second-order valence-electron chi connectivity index (χ2n) is 6.72. The van der Waals surface area contributed by atoms with Crippen molar-refractivity contribution in [3.63, 3.8) is 0 Å². The Bertz CT molecular complexity index is 802. The van der Waals surface area contributed by atoms with E-state index in [2.05, 4.69) is 10.6 Å². The van der Waals surface area contributed by atoms with Gasteiger partial charge in [0.1, 0.15) is 0 Å². The number of benzene rings is 1. The topological polar surface area (TPSA) is 122 Å². The van der Waals surface area contributed by atoms with E-state index in [9.17, 15) is 18.0 Å². The molecular weight excluding hydrogens is 392 g/mol. The lowest BCUT2D eigenvalue weighted by molar-refractivity contribution is -0.122. The summed E-state index contributed by atoms with van der Waals surface area (Å²) in [5.74, 6) is -0.371. The number of nitrogens with zero attached hydrogens (tertiary/aromatic N) is 1. The third-order valence-electron chi connectivity index (χ3n) is 5.02. The van der Waals surface area contributed by atoms with E-state index in [1.807, 2.05) is 0 Å². The lowest BCUT2D eigenvalue weighted by Crippen LogP contribution is -2.49. The van der Waals surface area contributed by atoms with Gasteiger partial charge in [0.2, 0.25) is 15.9 Å². The zero-order valence-corrected chi connectivity index (χ0v) is 16.5. The molecule has 10 heteroatoms. The molecule has 2 fully saturated rings. The van der Waals surface area contributed by atoms with Gasteiger partial charge >= 0.3 is 0 Å². The molecule has 8 nitrogen and oxygen atoms in total. The Labute approximate surface area is 165 Å². The molecule has 0 radical (unpaired) electrons. The number of carbonyl (C=O) groups excluding carboxylic acids is 2. The summed E-state index contributed by atoms with van der Waals surface area (Å²) >= 11 is 0. The Morgan fingerprint density at radius 2 is 2.11 bits per heavy atom. The standard InChI is InChI=1S/C17H24N4O4S.ClH/c18-10-13-4-2-6-15(13)20-17(23)12-3-1-5-14(9-12)26(24,25)21-8-7-19-16(22)11-21;/h1,3,5,9,13,15H,2,4,6-8,10-11,18H2,(H,19,22)(H,20,23);1H. The van der Waals surface area contributed by atoms with Crippen LogP contribution in [0.15, 0.2) is 29.2 Å². The van der Waals surface area contributed by atoms with Crippen LogP contribution in [0.3, 0.4) is 0 Å². The van der Waals surface area contributed by atoms with E-state index in [4.69, 9.17) is 5.73 Å². The van der Waals surface area contributed by atoms with Gasteiger partial charge in [-0.15, -0.1) is 12.4 Å². The Kier molecular flexibility index (Phi) is 7.21. The van der Waals surface area contributed by atoms with Crippen molar-refractivity contribution in [3.05, 3.63) is 29.8 Å². The molecule has 2 aliphatic rings. The molecule has 1 aliphatic heterocycles. The Balaban J connectivity index is 0.00000261. The first kappa shape index (κ1) is 21.6. The number of piperazine rings is 1. The van der Waals surface area contributed by atoms with Gasteiger partial charge in [0.25, 0.3) is 5.91 Å². The van der Waals surface area contributed by atoms with Crippen LogP contribution in [0, 0.1) is 5.92 Å². The molecule has 27 heavy (non-hydrogen) atoms. The minimum absolute atomic E-state index is 0. The monoisotopic (exact) mass is 416 g/mol. The molecule has 1 aliphatic carbocycles. The lowest BCUT2D eigenvalue weighted by atomic mass is 10.0. The van der Waals surface area contributed by atoms with Gasteiger partial charge in [-0.1, -0.05) is 12.5 Å². The third kappa shape index (κ3) is 4.78. The van der Waals surface area contributed by atoms with Crippen LogP contribution in [-0.4, -0.2) is 56.8 Å². The van der Waals surface area contributed by atoms with Crippen LogP contribution >= 0.6 is 12.4 Å². The molecular formula is C17H25ClN4O4S. The van der Waals surface area contributed by atoms with Crippen molar-refractivity contribution >= 4 is 34.2 Å². The maximum atomic E-state index is 12.7. The van der Waals surface area contributed by atoms with Gasteiger partial charge in [0.15, 0.2) is 0 Å². The summed E-state index contributed by atoms with van der Waals surface area (Å²) in [5.41, 5.74) is 6.03. The SMILES string of the molecule is Cl.NCC1CCCC1NC(=O)c1cccc(S(=O)(=O)N2CCNC(=O)C2)c1. The number of hydrogen-bond acceptors (Lipinski definition) is 5. The van der Waals surface area contributed by atoms with E-state index >= 15 is 0 Å². The van der Waals surface area contributed by atoms with Crippen molar-refractivity contribution in [1.29, 1.82) is 0 Å². The lowest BCUT2D eigenvalue weighted by Gasteiger charge is -2.26. The number of nitrogens with two attached hydrogens (primary N) is 1. The molecule has 150 valence electrons. The van der Waals surface area contributed by atoms with Crippen LogP contribution in [0.2, 0.25) is 0 Å². The summed E-state index contributed by atoms with van der Waals surface area (Å²) in [4.78, 5) is 24.0. The predicted molar refractivity (Wildman–Crippen MR) is 103 cm³/mol. The fraction of sp³-hybridized carbons (Fsp3) is 0.529. The van der Waals surface area contributed by atoms with Crippen LogP contribution < -0.4 is 16.4 Å². The van der Waals surface area contributed by atoms with Gasteiger partial charge in [-0.05, 0) is 43.5 Å². The first-order valence-corrected chi connectivity index (χ1v) is 10.2. The van der Waals surface area contributed by atoms with E-state index in [1.54, 1.807) is 12.1 Å². The number of hydrogen-bond donors (Lipinski definition) is 3. The minimum atomic E-state index is -3.82. The summed E-state index contributed by atoms with van der Waals surface area (Å²) in [6.07, 6.45) is 2.90. The van der Waals surface area contributed by atoms with Crippen molar-refractivity contribution in [3.8, 4) is 0 Å². The molecule has 2 atom stereocenters. The van der Waals surface area contributed by atoms with Crippen molar-refractivity contribution in [1.82, 2.24) is 14.9 Å². The molecule has 1 aromatic rings. The molecule has 0 spiro atoms. The van der Waals surface area contributed by atoms with Gasteiger partial charge in [-0.3, -0.25) is 9.59 Å². The Morgan fingerprint density at radius 3 is 2.81 bits per heavy atom.